The third-order valence-corrected chi connectivity index (χ3v) is 3.15. The number of nitrogens with one attached hydrogen (secondary N) is 1. The maximum Gasteiger partial charge on any atom is 0.375 e. The van der Waals surface area contributed by atoms with Crippen molar-refractivity contribution in [3.8, 4) is 0 Å². The fourth-order valence-corrected chi connectivity index (χ4v) is 1.86. The molecule has 1 aromatic carbocycles. The van der Waals surface area contributed by atoms with Crippen LogP contribution in [0.15, 0.2) is 33.4 Å². The first-order chi connectivity index (χ1) is 10.8. The van der Waals surface area contributed by atoms with Crippen molar-refractivity contribution >= 4 is 33.5 Å². The zero-order valence-corrected chi connectivity index (χ0v) is 13.1. The molecule has 0 aliphatic heterocycles. The van der Waals surface area contributed by atoms with Gasteiger partial charge in [0, 0.05) is 0 Å². The third kappa shape index (κ3) is 3.92. The first-order valence-corrected chi connectivity index (χ1v) is 6.99. The number of rotatable bonds is 4. The summed E-state index contributed by atoms with van der Waals surface area (Å²) in [5, 5.41) is 2.00. The molecule has 0 aliphatic carbocycles. The topological polar surface area (TPSA) is 68.5 Å². The Kier molecular flexibility index (Phi) is 5.09. The van der Waals surface area contributed by atoms with Gasteiger partial charge in [-0.1, -0.05) is 0 Å². The predicted molar refractivity (Wildman–Crippen MR) is 76.2 cm³/mol. The van der Waals surface area contributed by atoms with E-state index in [0.717, 1.165) is 6.07 Å². The van der Waals surface area contributed by atoms with E-state index in [1.807, 2.05) is 5.32 Å². The molecule has 0 fully saturated rings. The molecule has 1 atom stereocenters. The summed E-state index contributed by atoms with van der Waals surface area (Å²) in [7, 11) is 0. The van der Waals surface area contributed by atoms with Gasteiger partial charge in [-0.2, -0.15) is 0 Å². The minimum Gasteiger partial charge on any atom is -0.447 e. The number of carbonyl (C=O) groups is 2. The number of halogens is 4. The van der Waals surface area contributed by atoms with Gasteiger partial charge >= 0.3 is 5.97 Å². The van der Waals surface area contributed by atoms with E-state index in [1.165, 1.54) is 19.1 Å². The van der Waals surface area contributed by atoms with Crippen molar-refractivity contribution in [1.82, 2.24) is 0 Å². The number of esters is 1. The normalized spacial score (nSPS) is 11.9. The maximum atomic E-state index is 13.5. The van der Waals surface area contributed by atoms with E-state index < -0.39 is 41.1 Å². The third-order valence-electron chi connectivity index (χ3n) is 2.72. The highest BCUT2D eigenvalue weighted by molar-refractivity contribution is 9.10. The second-order valence-corrected chi connectivity index (χ2v) is 5.15. The molecule has 9 heteroatoms. The lowest BCUT2D eigenvalue weighted by atomic mass is 10.2. The fraction of sp³-hybridized carbons (Fsp3) is 0.143. The quantitative estimate of drug-likeness (QED) is 0.637. The van der Waals surface area contributed by atoms with Crippen molar-refractivity contribution in [3.63, 3.8) is 0 Å². The summed E-state index contributed by atoms with van der Waals surface area (Å²) in [5.74, 6) is -6.63. The number of anilines is 1. The number of benzene rings is 1. The Morgan fingerprint density at radius 3 is 2.48 bits per heavy atom. The van der Waals surface area contributed by atoms with E-state index in [0.29, 0.717) is 10.7 Å². The van der Waals surface area contributed by atoms with Gasteiger partial charge in [-0.15, -0.1) is 0 Å². The van der Waals surface area contributed by atoms with Crippen molar-refractivity contribution < 1.29 is 31.9 Å². The molecule has 1 N–H and O–H groups in total. The summed E-state index contributed by atoms with van der Waals surface area (Å²) in [4.78, 5) is 23.5. The van der Waals surface area contributed by atoms with Crippen LogP contribution < -0.4 is 5.32 Å². The van der Waals surface area contributed by atoms with Gasteiger partial charge in [0.25, 0.3) is 5.91 Å². The number of hydrogen-bond acceptors (Lipinski definition) is 4. The van der Waals surface area contributed by atoms with Gasteiger partial charge in [-0.25, -0.2) is 18.0 Å². The lowest BCUT2D eigenvalue weighted by Crippen LogP contribution is -2.30. The van der Waals surface area contributed by atoms with Crippen molar-refractivity contribution in [2.45, 2.75) is 13.0 Å². The van der Waals surface area contributed by atoms with Crippen molar-refractivity contribution in [2.24, 2.45) is 0 Å². The number of carbonyl (C=O) groups excluding carboxylic acids is 2. The molecule has 0 spiro atoms. The van der Waals surface area contributed by atoms with Crippen LogP contribution in [0.5, 0.6) is 0 Å². The molecular weight excluding hydrogens is 383 g/mol. The van der Waals surface area contributed by atoms with Crippen LogP contribution in [0.4, 0.5) is 18.9 Å². The minimum atomic E-state index is -1.71. The summed E-state index contributed by atoms with van der Waals surface area (Å²) >= 11 is 3.00. The van der Waals surface area contributed by atoms with Crippen LogP contribution in [0, 0.1) is 17.5 Å². The molecule has 2 aromatic rings. The van der Waals surface area contributed by atoms with E-state index in [9.17, 15) is 22.8 Å². The number of furan rings is 1. The van der Waals surface area contributed by atoms with Gasteiger partial charge in [0.05, 0.1) is 5.69 Å². The molecular formula is C14H9BrF3NO4. The lowest BCUT2D eigenvalue weighted by molar-refractivity contribution is -0.123. The van der Waals surface area contributed by atoms with E-state index in [2.05, 4.69) is 15.9 Å². The number of amides is 1. The van der Waals surface area contributed by atoms with Gasteiger partial charge in [-0.3, -0.25) is 4.79 Å². The first-order valence-electron chi connectivity index (χ1n) is 6.20. The number of hydrogen-bond donors (Lipinski definition) is 1. The Bertz CT molecular complexity index is 762. The average Bonchev–Trinajstić information content (AvgIpc) is 2.94. The molecule has 0 saturated carbocycles. The Balaban J connectivity index is 2.03. The Morgan fingerprint density at radius 1 is 1.17 bits per heavy atom. The maximum absolute atomic E-state index is 13.5. The fourth-order valence-electron chi connectivity index (χ4n) is 1.55. The zero-order chi connectivity index (χ0) is 17.1. The van der Waals surface area contributed by atoms with Gasteiger partial charge in [0.1, 0.15) is 0 Å². The molecule has 1 aromatic heterocycles. The van der Waals surface area contributed by atoms with Crippen molar-refractivity contribution in [2.75, 3.05) is 5.32 Å². The van der Waals surface area contributed by atoms with Gasteiger partial charge in [0.2, 0.25) is 5.76 Å². The zero-order valence-electron chi connectivity index (χ0n) is 11.5. The predicted octanol–water partition coefficient (Wildman–Crippen LogP) is 3.64. The van der Waals surface area contributed by atoms with Crippen LogP contribution in [0.25, 0.3) is 0 Å². The monoisotopic (exact) mass is 391 g/mol. The highest BCUT2D eigenvalue weighted by atomic mass is 79.9. The van der Waals surface area contributed by atoms with Crippen molar-refractivity contribution in [1.29, 1.82) is 0 Å². The smallest absolute Gasteiger partial charge is 0.375 e. The molecule has 5 nitrogen and oxygen atoms in total. The number of ether oxygens (including phenoxy) is 1. The Morgan fingerprint density at radius 2 is 1.87 bits per heavy atom. The average molecular weight is 392 g/mol. The van der Waals surface area contributed by atoms with Gasteiger partial charge < -0.3 is 14.5 Å². The molecule has 23 heavy (non-hydrogen) atoms. The molecule has 2 rings (SSSR count). The Labute approximate surface area is 136 Å². The van der Waals surface area contributed by atoms with E-state index in [1.54, 1.807) is 0 Å². The Hall–Kier alpha value is -2.29. The molecule has 0 saturated heterocycles. The standard InChI is InChI=1S/C14H9BrF3NO4/c1-6(22-14(21)9-4-5-10(15)23-9)13(20)19-8-3-2-7(16)11(17)12(8)18/h2-6H,1H3,(H,19,20)/t6-/m0/s1. The molecule has 1 heterocycles. The summed E-state index contributed by atoms with van der Waals surface area (Å²) in [6.45, 7) is 1.23. The highest BCUT2D eigenvalue weighted by Crippen LogP contribution is 2.20. The summed E-state index contributed by atoms with van der Waals surface area (Å²) in [5.41, 5.74) is -0.572. The molecule has 122 valence electrons. The summed E-state index contributed by atoms with van der Waals surface area (Å²) in [6, 6.07) is 4.29. The van der Waals surface area contributed by atoms with Crippen LogP contribution in [0.1, 0.15) is 17.5 Å². The molecule has 0 unspecified atom stereocenters. The summed E-state index contributed by atoms with van der Waals surface area (Å²) in [6.07, 6.45) is -1.32. The van der Waals surface area contributed by atoms with E-state index in [-0.39, 0.29) is 5.76 Å². The van der Waals surface area contributed by atoms with Crippen LogP contribution in [-0.4, -0.2) is 18.0 Å². The van der Waals surface area contributed by atoms with Crippen LogP contribution >= 0.6 is 15.9 Å². The van der Waals surface area contributed by atoms with E-state index >= 15 is 0 Å². The SMILES string of the molecule is C[C@H](OC(=O)c1ccc(Br)o1)C(=O)Nc1ccc(F)c(F)c1F. The van der Waals surface area contributed by atoms with Crippen LogP contribution in [0.3, 0.4) is 0 Å². The second-order valence-electron chi connectivity index (χ2n) is 4.36. The molecule has 0 bridgehead atoms. The highest BCUT2D eigenvalue weighted by Gasteiger charge is 2.23. The van der Waals surface area contributed by atoms with Gasteiger partial charge in [-0.05, 0) is 47.1 Å². The van der Waals surface area contributed by atoms with Gasteiger partial charge in [0.15, 0.2) is 28.2 Å². The second kappa shape index (κ2) is 6.86. The summed E-state index contributed by atoms with van der Waals surface area (Å²) < 4.78 is 49.4. The van der Waals surface area contributed by atoms with Crippen molar-refractivity contribution in [3.05, 3.63) is 52.1 Å². The van der Waals surface area contributed by atoms with Crippen LogP contribution in [0.2, 0.25) is 0 Å². The van der Waals surface area contributed by atoms with E-state index in [4.69, 9.17) is 9.15 Å². The first kappa shape index (κ1) is 17.1. The largest absolute Gasteiger partial charge is 0.447 e. The molecule has 0 radical (unpaired) electrons. The minimum absolute atomic E-state index is 0.143. The molecule has 0 aliphatic rings. The van der Waals surface area contributed by atoms with Crippen LogP contribution in [-0.2, 0) is 9.53 Å². The molecule has 1 amide bonds. The lowest BCUT2D eigenvalue weighted by Gasteiger charge is -2.13.